The van der Waals surface area contributed by atoms with Crippen LogP contribution in [0.15, 0.2) is 30.3 Å². The van der Waals surface area contributed by atoms with Gasteiger partial charge in [-0.3, -0.25) is 9.69 Å². The van der Waals surface area contributed by atoms with E-state index in [9.17, 15) is 14.4 Å². The molecule has 0 aromatic heterocycles. The van der Waals surface area contributed by atoms with Gasteiger partial charge in [0.15, 0.2) is 0 Å². The largest absolute Gasteiger partial charge is 0.458 e. The Balaban J connectivity index is 3.02. The Morgan fingerprint density at radius 2 is 1.50 bits per heavy atom. The Hall–Kier alpha value is -2.57. The van der Waals surface area contributed by atoms with Crippen LogP contribution in [0, 0.1) is 11.8 Å². The second-order valence-corrected chi connectivity index (χ2v) is 9.97. The quantitative estimate of drug-likeness (QED) is 0.520. The summed E-state index contributed by atoms with van der Waals surface area (Å²) in [4.78, 5) is 41.8. The summed E-state index contributed by atoms with van der Waals surface area (Å²) in [5, 5.41) is 0. The lowest BCUT2D eigenvalue weighted by molar-refractivity contribution is -0.166. The molecule has 0 spiro atoms. The summed E-state index contributed by atoms with van der Waals surface area (Å²) in [6.45, 7) is 13.2. The van der Waals surface area contributed by atoms with Crippen LogP contribution in [0.25, 0.3) is 0 Å². The molecule has 0 bridgehead atoms. The molecular formula is C25H40N2O5. The number of benzene rings is 1. The summed E-state index contributed by atoms with van der Waals surface area (Å²) < 4.78 is 11.0. The van der Waals surface area contributed by atoms with E-state index in [2.05, 4.69) is 0 Å². The summed E-state index contributed by atoms with van der Waals surface area (Å²) in [6, 6.07) is 7.85. The molecular weight excluding hydrogens is 408 g/mol. The number of hydrogen-bond acceptors (Lipinski definition) is 5. The van der Waals surface area contributed by atoms with E-state index in [0.717, 1.165) is 5.56 Å². The van der Waals surface area contributed by atoms with Crippen molar-refractivity contribution in [2.75, 3.05) is 14.1 Å². The smallest absolute Gasteiger partial charge is 0.410 e. The molecule has 0 aliphatic carbocycles. The average Bonchev–Trinajstić information content (AvgIpc) is 2.68. The van der Waals surface area contributed by atoms with Gasteiger partial charge < -0.3 is 14.4 Å². The zero-order valence-corrected chi connectivity index (χ0v) is 21.0. The van der Waals surface area contributed by atoms with Crippen molar-refractivity contribution < 1.29 is 23.9 Å². The number of esters is 1. The molecule has 0 radical (unpaired) electrons. The van der Waals surface area contributed by atoms with Gasteiger partial charge in [0.1, 0.15) is 24.3 Å². The summed E-state index contributed by atoms with van der Waals surface area (Å²) in [5.74, 6) is -0.780. The zero-order valence-electron chi connectivity index (χ0n) is 21.0. The predicted molar refractivity (Wildman–Crippen MR) is 125 cm³/mol. The standard InChI is InChI=1S/C25H40N2O5/c1-17(2)15-20(26(8)24(30)31-16-19-13-11-10-12-14-19)22(28)27(9)21(18(3)4)23(29)32-25(5,6)7/h10-14,17-18,20-21H,15-16H2,1-9H3/t20-,21-/m0/s1. The Morgan fingerprint density at radius 1 is 0.938 bits per heavy atom. The van der Waals surface area contributed by atoms with E-state index in [1.54, 1.807) is 34.9 Å². The molecule has 0 unspecified atom stereocenters. The Labute approximate surface area is 193 Å². The fourth-order valence-corrected chi connectivity index (χ4v) is 3.43. The molecule has 2 atom stereocenters. The van der Waals surface area contributed by atoms with Crippen LogP contribution in [0.2, 0.25) is 0 Å². The van der Waals surface area contributed by atoms with Crippen LogP contribution < -0.4 is 0 Å². The molecule has 0 N–H and O–H groups in total. The summed E-state index contributed by atoms with van der Waals surface area (Å²) in [6.07, 6.45) is -0.140. The average molecular weight is 449 g/mol. The van der Waals surface area contributed by atoms with Gasteiger partial charge in [0.2, 0.25) is 5.91 Å². The first-order chi connectivity index (χ1) is 14.7. The lowest BCUT2D eigenvalue weighted by Crippen LogP contribution is -2.55. The zero-order chi connectivity index (χ0) is 24.6. The molecule has 32 heavy (non-hydrogen) atoms. The minimum absolute atomic E-state index is 0.120. The van der Waals surface area contributed by atoms with Crippen molar-refractivity contribution in [2.24, 2.45) is 11.8 Å². The maximum absolute atomic E-state index is 13.5. The van der Waals surface area contributed by atoms with E-state index in [-0.39, 0.29) is 24.3 Å². The topological polar surface area (TPSA) is 76.2 Å². The van der Waals surface area contributed by atoms with Crippen molar-refractivity contribution in [1.29, 1.82) is 0 Å². The van der Waals surface area contributed by atoms with E-state index in [1.165, 1.54) is 9.80 Å². The second kappa shape index (κ2) is 11.9. The predicted octanol–water partition coefficient (Wildman–Crippen LogP) is 4.49. The summed E-state index contributed by atoms with van der Waals surface area (Å²) >= 11 is 0. The van der Waals surface area contributed by atoms with E-state index in [4.69, 9.17) is 9.47 Å². The first kappa shape index (κ1) is 27.5. The molecule has 0 aliphatic rings. The number of nitrogens with zero attached hydrogens (tertiary/aromatic N) is 2. The maximum atomic E-state index is 13.5. The highest BCUT2D eigenvalue weighted by atomic mass is 16.6. The highest BCUT2D eigenvalue weighted by Crippen LogP contribution is 2.21. The van der Waals surface area contributed by atoms with Crippen molar-refractivity contribution in [3.8, 4) is 0 Å². The van der Waals surface area contributed by atoms with Crippen molar-refractivity contribution in [2.45, 2.75) is 79.2 Å². The molecule has 7 heteroatoms. The fraction of sp³-hybridized carbons (Fsp3) is 0.640. The van der Waals surface area contributed by atoms with Gasteiger partial charge in [-0.05, 0) is 44.6 Å². The molecule has 0 heterocycles. The molecule has 180 valence electrons. The molecule has 0 saturated carbocycles. The van der Waals surface area contributed by atoms with Gasteiger partial charge in [-0.25, -0.2) is 9.59 Å². The van der Waals surface area contributed by atoms with Gasteiger partial charge in [0.25, 0.3) is 0 Å². The lowest BCUT2D eigenvalue weighted by atomic mass is 9.98. The Kier molecular flexibility index (Phi) is 10.2. The maximum Gasteiger partial charge on any atom is 0.410 e. The van der Waals surface area contributed by atoms with Crippen LogP contribution in [0.1, 0.15) is 60.5 Å². The van der Waals surface area contributed by atoms with E-state index in [0.29, 0.717) is 6.42 Å². The lowest BCUT2D eigenvalue weighted by Gasteiger charge is -2.36. The van der Waals surface area contributed by atoms with Gasteiger partial charge in [0, 0.05) is 14.1 Å². The number of carbonyl (C=O) groups excluding carboxylic acids is 3. The minimum Gasteiger partial charge on any atom is -0.458 e. The first-order valence-corrected chi connectivity index (χ1v) is 11.2. The van der Waals surface area contributed by atoms with Gasteiger partial charge in [-0.2, -0.15) is 0 Å². The first-order valence-electron chi connectivity index (χ1n) is 11.2. The second-order valence-electron chi connectivity index (χ2n) is 9.97. The number of rotatable bonds is 9. The molecule has 7 nitrogen and oxygen atoms in total. The normalized spacial score (nSPS) is 13.5. The van der Waals surface area contributed by atoms with Crippen molar-refractivity contribution in [3.63, 3.8) is 0 Å². The van der Waals surface area contributed by atoms with E-state index >= 15 is 0 Å². The van der Waals surface area contributed by atoms with Crippen LogP contribution in [0.4, 0.5) is 4.79 Å². The monoisotopic (exact) mass is 448 g/mol. The number of hydrogen-bond donors (Lipinski definition) is 0. The molecule has 1 rings (SSSR count). The van der Waals surface area contributed by atoms with Crippen LogP contribution >= 0.6 is 0 Å². The fourth-order valence-electron chi connectivity index (χ4n) is 3.43. The number of amides is 2. The van der Waals surface area contributed by atoms with E-state index in [1.807, 2.05) is 58.0 Å². The van der Waals surface area contributed by atoms with Crippen molar-refractivity contribution in [1.82, 2.24) is 9.80 Å². The van der Waals surface area contributed by atoms with Crippen LogP contribution in [-0.4, -0.2) is 59.5 Å². The SMILES string of the molecule is CC(C)C[C@@H](C(=O)N(C)[C@H](C(=O)OC(C)(C)C)C(C)C)N(C)C(=O)OCc1ccccc1. The molecule has 1 aromatic carbocycles. The van der Waals surface area contributed by atoms with E-state index < -0.39 is 29.7 Å². The Bertz CT molecular complexity index is 755. The molecule has 0 fully saturated rings. The molecule has 1 aromatic rings. The third kappa shape index (κ3) is 8.52. The number of likely N-dealkylation sites (N-methyl/N-ethyl adjacent to an activating group) is 2. The molecule has 0 saturated heterocycles. The highest BCUT2D eigenvalue weighted by molar-refractivity contribution is 5.89. The van der Waals surface area contributed by atoms with Crippen LogP contribution in [0.3, 0.4) is 0 Å². The van der Waals surface area contributed by atoms with Crippen molar-refractivity contribution >= 4 is 18.0 Å². The summed E-state index contributed by atoms with van der Waals surface area (Å²) in [5.41, 5.74) is 0.201. The number of carbonyl (C=O) groups is 3. The molecule has 0 aliphatic heterocycles. The minimum atomic E-state index is -0.759. The van der Waals surface area contributed by atoms with Crippen LogP contribution in [0.5, 0.6) is 0 Å². The molecule has 2 amide bonds. The van der Waals surface area contributed by atoms with Crippen molar-refractivity contribution in [3.05, 3.63) is 35.9 Å². The van der Waals surface area contributed by atoms with Gasteiger partial charge in [-0.1, -0.05) is 58.0 Å². The Morgan fingerprint density at radius 3 is 1.97 bits per heavy atom. The van der Waals surface area contributed by atoms with Crippen LogP contribution in [-0.2, 0) is 25.7 Å². The third-order valence-electron chi connectivity index (χ3n) is 4.98. The van der Waals surface area contributed by atoms with Gasteiger partial charge in [-0.15, -0.1) is 0 Å². The number of ether oxygens (including phenoxy) is 2. The highest BCUT2D eigenvalue weighted by Gasteiger charge is 2.38. The van der Waals surface area contributed by atoms with Gasteiger partial charge in [0.05, 0.1) is 0 Å². The summed E-state index contributed by atoms with van der Waals surface area (Å²) in [7, 11) is 3.15. The third-order valence-corrected chi connectivity index (χ3v) is 4.98. The van der Waals surface area contributed by atoms with Gasteiger partial charge >= 0.3 is 12.1 Å².